The largest absolute Gasteiger partial charge is 0.463 e. The third-order valence-corrected chi connectivity index (χ3v) is 8.00. The second-order valence-corrected chi connectivity index (χ2v) is 10.3. The highest BCUT2D eigenvalue weighted by molar-refractivity contribution is 7.07. The molecule has 2 aliphatic heterocycles. The monoisotopic (exact) mass is 535 g/mol. The third kappa shape index (κ3) is 4.13. The number of esters is 1. The molecule has 0 bridgehead atoms. The van der Waals surface area contributed by atoms with Crippen molar-refractivity contribution >= 4 is 34.5 Å². The van der Waals surface area contributed by atoms with E-state index in [1.54, 1.807) is 18.7 Å². The van der Waals surface area contributed by atoms with Crippen molar-refractivity contribution in [1.29, 1.82) is 0 Å². The minimum absolute atomic E-state index is 0.203. The first-order valence-electron chi connectivity index (χ1n) is 12.7. The Morgan fingerprint density at radius 3 is 2.33 bits per heavy atom. The number of fused-ring (bicyclic) bond motifs is 2. The van der Waals surface area contributed by atoms with Gasteiger partial charge in [0.05, 0.1) is 41.7 Å². The van der Waals surface area contributed by atoms with Gasteiger partial charge in [-0.2, -0.15) is 0 Å². The van der Waals surface area contributed by atoms with Gasteiger partial charge in [0.2, 0.25) is 0 Å². The van der Waals surface area contributed by atoms with Crippen LogP contribution >= 0.6 is 11.3 Å². The number of carbonyl (C=O) groups is 2. The molecule has 0 saturated carbocycles. The zero-order valence-corrected chi connectivity index (χ0v) is 22.3. The zero-order chi connectivity index (χ0) is 27.1. The molecule has 1 amide bonds. The van der Waals surface area contributed by atoms with E-state index in [0.717, 1.165) is 16.8 Å². The van der Waals surface area contributed by atoms with E-state index in [1.807, 2.05) is 84.9 Å². The number of rotatable bonds is 5. The Labute approximate surface area is 228 Å². The van der Waals surface area contributed by atoms with E-state index >= 15 is 0 Å². The standard InChI is InChI=1S/C31H25N3O4S/c1-3-38-30(37)24-19(2)32-31-34(26(24)21-14-8-5-9-15-21)29(36)27(39-31)25-22-16-10-11-17-23(22)33(28(25)35)18-20-12-6-4-7-13-20/h4-17,26H,3,18H2,1-2H3/b27-25-/t26-/m1/s1. The van der Waals surface area contributed by atoms with Gasteiger partial charge in [-0.3, -0.25) is 14.2 Å². The molecule has 6 rings (SSSR count). The Hall–Kier alpha value is -4.56. The van der Waals surface area contributed by atoms with Crippen LogP contribution in [0.5, 0.6) is 0 Å². The van der Waals surface area contributed by atoms with Crippen LogP contribution in [-0.4, -0.2) is 23.1 Å². The summed E-state index contributed by atoms with van der Waals surface area (Å²) in [6.07, 6.45) is 0. The predicted octanol–water partition coefficient (Wildman–Crippen LogP) is 3.72. The second kappa shape index (κ2) is 9.96. The zero-order valence-electron chi connectivity index (χ0n) is 21.5. The molecule has 0 spiro atoms. The fourth-order valence-electron chi connectivity index (χ4n) is 5.22. The molecule has 39 heavy (non-hydrogen) atoms. The number of allylic oxidation sites excluding steroid dienone is 1. The van der Waals surface area contributed by atoms with Gasteiger partial charge in [-0.25, -0.2) is 9.79 Å². The fraction of sp³-hybridized carbons (Fsp3) is 0.161. The number of thiazole rings is 1. The minimum atomic E-state index is -0.719. The van der Waals surface area contributed by atoms with Crippen molar-refractivity contribution in [2.75, 3.05) is 11.5 Å². The lowest BCUT2D eigenvalue weighted by molar-refractivity contribution is -0.139. The molecule has 3 aromatic carbocycles. The lowest BCUT2D eigenvalue weighted by atomic mass is 9.96. The van der Waals surface area contributed by atoms with E-state index in [9.17, 15) is 14.4 Å². The number of amides is 1. The molecular weight excluding hydrogens is 510 g/mol. The maximum atomic E-state index is 14.2. The summed E-state index contributed by atoms with van der Waals surface area (Å²) in [5, 5.41) is 0. The summed E-state index contributed by atoms with van der Waals surface area (Å²) in [7, 11) is 0. The van der Waals surface area contributed by atoms with Crippen molar-refractivity contribution in [3.8, 4) is 0 Å². The summed E-state index contributed by atoms with van der Waals surface area (Å²) in [6.45, 7) is 4.08. The molecule has 0 fully saturated rings. The highest BCUT2D eigenvalue weighted by Crippen LogP contribution is 2.36. The van der Waals surface area contributed by atoms with Crippen LogP contribution in [-0.2, 0) is 20.9 Å². The van der Waals surface area contributed by atoms with Gasteiger partial charge >= 0.3 is 5.97 Å². The van der Waals surface area contributed by atoms with E-state index in [0.29, 0.717) is 38.3 Å². The van der Waals surface area contributed by atoms with Gasteiger partial charge in [-0.1, -0.05) is 90.2 Å². The Balaban J connectivity index is 1.58. The van der Waals surface area contributed by atoms with Crippen LogP contribution < -0.4 is 19.8 Å². The van der Waals surface area contributed by atoms with Crippen molar-refractivity contribution in [2.24, 2.45) is 4.99 Å². The van der Waals surface area contributed by atoms with Crippen molar-refractivity contribution in [2.45, 2.75) is 26.4 Å². The maximum Gasteiger partial charge on any atom is 0.338 e. The van der Waals surface area contributed by atoms with Crippen LogP contribution in [0.3, 0.4) is 0 Å². The quantitative estimate of drug-likeness (QED) is 0.365. The summed E-state index contributed by atoms with van der Waals surface area (Å²) < 4.78 is 7.20. The van der Waals surface area contributed by atoms with Crippen LogP contribution in [0.1, 0.15) is 36.6 Å². The number of aromatic nitrogens is 1. The number of benzene rings is 3. The average molecular weight is 536 g/mol. The molecule has 2 aliphatic rings. The third-order valence-electron chi connectivity index (χ3n) is 6.94. The lowest BCUT2D eigenvalue weighted by Gasteiger charge is -2.24. The summed E-state index contributed by atoms with van der Waals surface area (Å²) >= 11 is 1.18. The number of anilines is 1. The normalized spacial score (nSPS) is 17.5. The summed E-state index contributed by atoms with van der Waals surface area (Å²) in [4.78, 5) is 48.0. The maximum absolute atomic E-state index is 14.2. The van der Waals surface area contributed by atoms with Gasteiger partial charge in [0.15, 0.2) is 4.80 Å². The number of hydrogen-bond acceptors (Lipinski definition) is 6. The highest BCUT2D eigenvalue weighted by atomic mass is 32.1. The smallest absolute Gasteiger partial charge is 0.338 e. The number of nitrogens with zero attached hydrogens (tertiary/aromatic N) is 3. The first-order chi connectivity index (χ1) is 19.0. The first-order valence-corrected chi connectivity index (χ1v) is 13.5. The number of carbonyl (C=O) groups excluding carboxylic acids is 2. The van der Waals surface area contributed by atoms with Crippen LogP contribution in [0, 0.1) is 0 Å². The predicted molar refractivity (Wildman–Crippen MR) is 150 cm³/mol. The molecule has 0 aliphatic carbocycles. The van der Waals surface area contributed by atoms with Gasteiger partial charge in [0, 0.05) is 5.56 Å². The minimum Gasteiger partial charge on any atom is -0.463 e. The summed E-state index contributed by atoms with van der Waals surface area (Å²) in [5.74, 6) is -0.746. The van der Waals surface area contributed by atoms with Crippen molar-refractivity contribution in [3.63, 3.8) is 0 Å². The molecular formula is C31H25N3O4S. The van der Waals surface area contributed by atoms with Crippen LogP contribution in [0.2, 0.25) is 0 Å². The summed E-state index contributed by atoms with van der Waals surface area (Å²) in [6, 6.07) is 25.9. The molecule has 0 unspecified atom stereocenters. The second-order valence-electron chi connectivity index (χ2n) is 9.30. The molecule has 4 aromatic rings. The van der Waals surface area contributed by atoms with E-state index in [-0.39, 0.29) is 18.1 Å². The van der Waals surface area contributed by atoms with Crippen molar-refractivity contribution < 1.29 is 14.3 Å². The molecule has 0 radical (unpaired) electrons. The molecule has 7 nitrogen and oxygen atoms in total. The van der Waals surface area contributed by atoms with E-state index < -0.39 is 12.0 Å². The van der Waals surface area contributed by atoms with Gasteiger partial charge in [-0.05, 0) is 31.0 Å². The molecule has 1 aromatic heterocycles. The average Bonchev–Trinajstić information content (AvgIpc) is 3.41. The van der Waals surface area contributed by atoms with Gasteiger partial charge in [0.25, 0.3) is 11.5 Å². The molecule has 0 N–H and O–H groups in total. The van der Waals surface area contributed by atoms with Gasteiger partial charge in [0.1, 0.15) is 4.53 Å². The topological polar surface area (TPSA) is 81.0 Å². The van der Waals surface area contributed by atoms with Crippen LogP contribution in [0.4, 0.5) is 5.69 Å². The van der Waals surface area contributed by atoms with Crippen molar-refractivity contribution in [1.82, 2.24) is 4.57 Å². The molecule has 3 heterocycles. The first kappa shape index (κ1) is 24.8. The Kier molecular flexibility index (Phi) is 6.32. The van der Waals surface area contributed by atoms with E-state index in [4.69, 9.17) is 4.74 Å². The van der Waals surface area contributed by atoms with Gasteiger partial charge < -0.3 is 9.64 Å². The fourth-order valence-corrected chi connectivity index (χ4v) is 6.35. The van der Waals surface area contributed by atoms with Crippen LogP contribution in [0.25, 0.3) is 5.57 Å². The number of hydrogen-bond donors (Lipinski definition) is 0. The molecule has 0 saturated heterocycles. The number of para-hydroxylation sites is 1. The SMILES string of the molecule is CCOC(=O)C1=C(C)N=c2s/c(=C3\C(=O)N(Cc4ccccc4)c4ccccc43)c(=O)n2[C@@H]1c1ccccc1. The lowest BCUT2D eigenvalue weighted by Crippen LogP contribution is -2.41. The highest BCUT2D eigenvalue weighted by Gasteiger charge is 2.37. The van der Waals surface area contributed by atoms with Crippen LogP contribution in [0.15, 0.2) is 106 Å². The van der Waals surface area contributed by atoms with Crippen molar-refractivity contribution in [3.05, 3.63) is 133 Å². The van der Waals surface area contributed by atoms with E-state index in [1.165, 1.54) is 15.9 Å². The van der Waals surface area contributed by atoms with Gasteiger partial charge in [-0.15, -0.1) is 0 Å². The Bertz CT molecular complexity index is 1820. The van der Waals surface area contributed by atoms with E-state index in [2.05, 4.69) is 4.99 Å². The summed E-state index contributed by atoms with van der Waals surface area (Å²) in [5.41, 5.74) is 4.02. The Morgan fingerprint density at radius 2 is 1.62 bits per heavy atom. The molecule has 1 atom stereocenters. The Morgan fingerprint density at radius 1 is 0.949 bits per heavy atom. The molecule has 194 valence electrons. The number of ether oxygens (including phenoxy) is 1. The molecule has 8 heteroatoms.